The number of fused-ring (bicyclic) bond motifs is 1. The van der Waals surface area contributed by atoms with Gasteiger partial charge in [0.25, 0.3) is 5.91 Å². The van der Waals surface area contributed by atoms with Crippen molar-refractivity contribution >= 4 is 11.8 Å². The van der Waals surface area contributed by atoms with Crippen molar-refractivity contribution in [2.75, 3.05) is 26.2 Å². The number of hydrogen-bond donors (Lipinski definition) is 0. The largest absolute Gasteiger partial charge is 0.341 e. The Hall–Kier alpha value is -1.84. The first-order chi connectivity index (χ1) is 10.1. The van der Waals surface area contributed by atoms with Crippen molar-refractivity contribution in [3.8, 4) is 0 Å². The van der Waals surface area contributed by atoms with Crippen molar-refractivity contribution in [3.05, 3.63) is 34.9 Å². The van der Waals surface area contributed by atoms with Crippen LogP contribution >= 0.6 is 0 Å². The molecule has 1 aromatic rings. The van der Waals surface area contributed by atoms with Crippen molar-refractivity contribution in [1.29, 1.82) is 0 Å². The average molecular weight is 286 g/mol. The maximum atomic E-state index is 12.7. The van der Waals surface area contributed by atoms with E-state index in [1.54, 1.807) is 6.92 Å². The van der Waals surface area contributed by atoms with Gasteiger partial charge in [0.15, 0.2) is 0 Å². The lowest BCUT2D eigenvalue weighted by atomic mass is 10.1. The molecule has 2 amide bonds. The lowest BCUT2D eigenvalue weighted by Crippen LogP contribution is -2.36. The molecule has 1 heterocycles. The van der Waals surface area contributed by atoms with Crippen LogP contribution in [-0.2, 0) is 17.6 Å². The van der Waals surface area contributed by atoms with E-state index >= 15 is 0 Å². The third kappa shape index (κ3) is 2.94. The molecule has 4 nitrogen and oxygen atoms in total. The van der Waals surface area contributed by atoms with E-state index in [0.29, 0.717) is 13.1 Å². The van der Waals surface area contributed by atoms with Gasteiger partial charge < -0.3 is 9.80 Å². The molecule has 3 rings (SSSR count). The minimum Gasteiger partial charge on any atom is -0.341 e. The molecule has 0 spiro atoms. The third-order valence-corrected chi connectivity index (χ3v) is 4.57. The van der Waals surface area contributed by atoms with E-state index in [0.717, 1.165) is 37.9 Å². The van der Waals surface area contributed by atoms with Crippen LogP contribution < -0.4 is 0 Å². The molecule has 1 aromatic carbocycles. The first-order valence-corrected chi connectivity index (χ1v) is 7.82. The molecule has 4 heteroatoms. The van der Waals surface area contributed by atoms with E-state index in [1.807, 2.05) is 15.9 Å². The number of benzene rings is 1. The summed E-state index contributed by atoms with van der Waals surface area (Å²) in [6.45, 7) is 4.36. The van der Waals surface area contributed by atoms with Gasteiger partial charge in [-0.1, -0.05) is 6.07 Å². The first-order valence-electron chi connectivity index (χ1n) is 7.82. The van der Waals surface area contributed by atoms with Crippen LogP contribution in [0.4, 0.5) is 0 Å². The number of aryl methyl sites for hydroxylation is 2. The maximum Gasteiger partial charge on any atom is 0.253 e. The quantitative estimate of drug-likeness (QED) is 0.791. The van der Waals surface area contributed by atoms with Crippen molar-refractivity contribution in [3.63, 3.8) is 0 Å². The number of rotatable bonds is 1. The van der Waals surface area contributed by atoms with Crippen LogP contribution in [0.15, 0.2) is 18.2 Å². The Kier molecular flexibility index (Phi) is 3.95. The third-order valence-electron chi connectivity index (χ3n) is 4.57. The monoisotopic (exact) mass is 286 g/mol. The topological polar surface area (TPSA) is 40.6 Å². The summed E-state index contributed by atoms with van der Waals surface area (Å²) in [6, 6.07) is 6.13. The van der Waals surface area contributed by atoms with E-state index in [1.165, 1.54) is 17.5 Å². The maximum absolute atomic E-state index is 12.7. The Morgan fingerprint density at radius 1 is 0.905 bits per heavy atom. The van der Waals surface area contributed by atoms with E-state index in [4.69, 9.17) is 0 Å². The van der Waals surface area contributed by atoms with Gasteiger partial charge in [0, 0.05) is 38.7 Å². The van der Waals surface area contributed by atoms with Crippen LogP contribution in [0.3, 0.4) is 0 Å². The highest BCUT2D eigenvalue weighted by Gasteiger charge is 2.22. The molecule has 0 aromatic heterocycles. The summed E-state index contributed by atoms with van der Waals surface area (Å²) in [4.78, 5) is 27.8. The second-order valence-corrected chi connectivity index (χ2v) is 5.99. The molecular weight excluding hydrogens is 264 g/mol. The fourth-order valence-electron chi connectivity index (χ4n) is 3.32. The highest BCUT2D eigenvalue weighted by Crippen LogP contribution is 2.23. The van der Waals surface area contributed by atoms with E-state index in [-0.39, 0.29) is 11.8 Å². The Morgan fingerprint density at radius 3 is 2.43 bits per heavy atom. The van der Waals surface area contributed by atoms with Crippen LogP contribution in [0.25, 0.3) is 0 Å². The molecule has 0 saturated carbocycles. The smallest absolute Gasteiger partial charge is 0.253 e. The number of carbonyl (C=O) groups is 2. The second kappa shape index (κ2) is 5.88. The lowest BCUT2D eigenvalue weighted by Gasteiger charge is -2.21. The van der Waals surface area contributed by atoms with E-state index in [2.05, 4.69) is 12.1 Å². The molecule has 1 saturated heterocycles. The summed E-state index contributed by atoms with van der Waals surface area (Å²) in [5, 5.41) is 0. The van der Waals surface area contributed by atoms with Crippen molar-refractivity contribution < 1.29 is 9.59 Å². The zero-order valence-corrected chi connectivity index (χ0v) is 12.6. The van der Waals surface area contributed by atoms with Gasteiger partial charge in [-0.3, -0.25) is 9.59 Å². The molecule has 21 heavy (non-hydrogen) atoms. The van der Waals surface area contributed by atoms with Crippen molar-refractivity contribution in [2.45, 2.75) is 32.6 Å². The van der Waals surface area contributed by atoms with Gasteiger partial charge >= 0.3 is 0 Å². The Labute approximate surface area is 125 Å². The van der Waals surface area contributed by atoms with E-state index in [9.17, 15) is 9.59 Å². The second-order valence-electron chi connectivity index (χ2n) is 5.99. The molecule has 1 aliphatic carbocycles. The molecule has 2 aliphatic rings. The van der Waals surface area contributed by atoms with Gasteiger partial charge in [0.05, 0.1) is 0 Å². The summed E-state index contributed by atoms with van der Waals surface area (Å²) in [5.41, 5.74) is 3.53. The molecular formula is C17H22N2O2. The van der Waals surface area contributed by atoms with Gasteiger partial charge in [0.2, 0.25) is 5.91 Å². The minimum absolute atomic E-state index is 0.0989. The van der Waals surface area contributed by atoms with Crippen molar-refractivity contribution in [2.24, 2.45) is 0 Å². The lowest BCUT2D eigenvalue weighted by molar-refractivity contribution is -0.128. The zero-order valence-electron chi connectivity index (χ0n) is 12.6. The van der Waals surface area contributed by atoms with Gasteiger partial charge in [-0.2, -0.15) is 0 Å². The predicted molar refractivity (Wildman–Crippen MR) is 81.2 cm³/mol. The molecule has 1 aliphatic heterocycles. The molecule has 0 unspecified atom stereocenters. The summed E-state index contributed by atoms with van der Waals surface area (Å²) in [6.07, 6.45) is 4.29. The zero-order chi connectivity index (χ0) is 14.8. The summed E-state index contributed by atoms with van der Waals surface area (Å²) in [5.74, 6) is 0.205. The fraction of sp³-hybridized carbons (Fsp3) is 0.529. The van der Waals surface area contributed by atoms with Crippen LogP contribution in [0.1, 0.15) is 41.3 Å². The molecule has 0 N–H and O–H groups in total. The Bertz CT molecular complexity index is 568. The van der Waals surface area contributed by atoms with E-state index < -0.39 is 0 Å². The van der Waals surface area contributed by atoms with Gasteiger partial charge in [-0.15, -0.1) is 0 Å². The predicted octanol–water partition coefficient (Wildman–Crippen LogP) is 1.87. The average Bonchev–Trinajstić information content (AvgIpc) is 2.80. The van der Waals surface area contributed by atoms with Gasteiger partial charge in [0.1, 0.15) is 0 Å². The normalized spacial score (nSPS) is 18.3. The molecule has 1 fully saturated rings. The fourth-order valence-corrected chi connectivity index (χ4v) is 3.32. The van der Waals surface area contributed by atoms with Crippen LogP contribution in [0.5, 0.6) is 0 Å². The molecule has 112 valence electrons. The van der Waals surface area contributed by atoms with Crippen molar-refractivity contribution in [1.82, 2.24) is 9.80 Å². The minimum atomic E-state index is 0.0989. The Balaban J connectivity index is 1.71. The highest BCUT2D eigenvalue weighted by atomic mass is 16.2. The number of nitrogens with zero attached hydrogens (tertiary/aromatic N) is 2. The molecule has 0 atom stereocenters. The van der Waals surface area contributed by atoms with Crippen LogP contribution in [0, 0.1) is 0 Å². The SMILES string of the molecule is CC(=O)N1CCCN(C(=O)c2ccc3c(c2)CCC3)CC1. The molecule has 0 radical (unpaired) electrons. The number of hydrogen-bond acceptors (Lipinski definition) is 2. The standard InChI is InChI=1S/C17H22N2O2/c1-13(20)18-8-3-9-19(11-10-18)17(21)16-7-6-14-4-2-5-15(14)12-16/h6-7,12H,2-5,8-11H2,1H3. The van der Waals surface area contributed by atoms with Crippen LogP contribution in [-0.4, -0.2) is 47.8 Å². The Morgan fingerprint density at radius 2 is 1.62 bits per heavy atom. The summed E-state index contributed by atoms with van der Waals surface area (Å²) >= 11 is 0. The number of amides is 2. The summed E-state index contributed by atoms with van der Waals surface area (Å²) in [7, 11) is 0. The highest BCUT2D eigenvalue weighted by molar-refractivity contribution is 5.94. The molecule has 0 bridgehead atoms. The van der Waals surface area contributed by atoms with Crippen LogP contribution in [0.2, 0.25) is 0 Å². The van der Waals surface area contributed by atoms with Gasteiger partial charge in [-0.05, 0) is 48.9 Å². The van der Waals surface area contributed by atoms with Gasteiger partial charge in [-0.25, -0.2) is 0 Å². The first kappa shape index (κ1) is 14.1. The summed E-state index contributed by atoms with van der Waals surface area (Å²) < 4.78 is 0. The number of carbonyl (C=O) groups excluding carboxylic acids is 2.